The van der Waals surface area contributed by atoms with Crippen LogP contribution in [-0.2, 0) is 23.9 Å². The van der Waals surface area contributed by atoms with Crippen molar-refractivity contribution < 1.29 is 23.9 Å². The largest absolute Gasteiger partial charge is 0.453 e. The molecule has 0 aliphatic heterocycles. The zero-order valence-electron chi connectivity index (χ0n) is 12.8. The van der Waals surface area contributed by atoms with E-state index in [0.717, 1.165) is 11.8 Å². The average molecular weight is 318 g/mol. The molecule has 0 aromatic heterocycles. The molecule has 0 spiro atoms. The van der Waals surface area contributed by atoms with Gasteiger partial charge in [0, 0.05) is 39.7 Å². The fourth-order valence-electron chi connectivity index (χ4n) is 1.34. The van der Waals surface area contributed by atoms with E-state index in [1.165, 1.54) is 18.7 Å². The molecule has 0 fully saturated rings. The molecule has 0 aromatic carbocycles. The Hall–Kier alpha value is -1.57. The van der Waals surface area contributed by atoms with Crippen molar-refractivity contribution in [3.8, 4) is 0 Å². The lowest BCUT2D eigenvalue weighted by Gasteiger charge is -2.17. The molecule has 0 saturated heterocycles. The quantitative estimate of drug-likeness (QED) is 0.507. The van der Waals surface area contributed by atoms with Crippen LogP contribution in [0.15, 0.2) is 0 Å². The summed E-state index contributed by atoms with van der Waals surface area (Å²) in [6, 6.07) is 0. The van der Waals surface area contributed by atoms with Crippen LogP contribution in [-0.4, -0.2) is 60.3 Å². The van der Waals surface area contributed by atoms with Gasteiger partial charge in [0.15, 0.2) is 11.2 Å². The summed E-state index contributed by atoms with van der Waals surface area (Å²) >= 11 is 1.05. The lowest BCUT2D eigenvalue weighted by atomic mass is 10.3. The molecular formula is C13H22N2O5S. The number of hydrogen-bond acceptors (Lipinski definition) is 6. The van der Waals surface area contributed by atoms with Crippen molar-refractivity contribution in [3.63, 3.8) is 0 Å². The Bertz CT molecular complexity index is 398. The highest BCUT2D eigenvalue weighted by atomic mass is 32.2. The SMILES string of the molecule is CC(=O)NCCSC(=O)CCC(=O)OC(C)C(=O)N(C)C. The van der Waals surface area contributed by atoms with Crippen LogP contribution < -0.4 is 5.32 Å². The Kier molecular flexibility index (Phi) is 9.44. The Morgan fingerprint density at radius 1 is 1.19 bits per heavy atom. The molecule has 0 bridgehead atoms. The van der Waals surface area contributed by atoms with Crippen molar-refractivity contribution in [2.75, 3.05) is 26.4 Å². The molecule has 0 aromatic rings. The van der Waals surface area contributed by atoms with Crippen molar-refractivity contribution in [3.05, 3.63) is 0 Å². The van der Waals surface area contributed by atoms with Crippen LogP contribution >= 0.6 is 11.8 Å². The maximum absolute atomic E-state index is 11.5. The first-order chi connectivity index (χ1) is 9.73. The predicted molar refractivity (Wildman–Crippen MR) is 79.6 cm³/mol. The van der Waals surface area contributed by atoms with Gasteiger partial charge in [-0.15, -0.1) is 0 Å². The molecule has 1 unspecified atom stereocenters. The van der Waals surface area contributed by atoms with E-state index in [9.17, 15) is 19.2 Å². The molecule has 0 aliphatic rings. The summed E-state index contributed by atoms with van der Waals surface area (Å²) in [6.45, 7) is 3.30. The van der Waals surface area contributed by atoms with Crippen LogP contribution in [0, 0.1) is 0 Å². The highest BCUT2D eigenvalue weighted by molar-refractivity contribution is 8.13. The summed E-state index contributed by atoms with van der Waals surface area (Å²) in [4.78, 5) is 46.4. The summed E-state index contributed by atoms with van der Waals surface area (Å²) < 4.78 is 4.93. The number of hydrogen-bond donors (Lipinski definition) is 1. The Morgan fingerprint density at radius 3 is 2.33 bits per heavy atom. The second-order valence-electron chi connectivity index (χ2n) is 4.57. The number of nitrogens with zero attached hydrogens (tertiary/aromatic N) is 1. The van der Waals surface area contributed by atoms with Crippen molar-refractivity contribution >= 4 is 34.7 Å². The van der Waals surface area contributed by atoms with Gasteiger partial charge in [0.1, 0.15) is 0 Å². The number of carbonyl (C=O) groups excluding carboxylic acids is 4. The van der Waals surface area contributed by atoms with E-state index >= 15 is 0 Å². The topological polar surface area (TPSA) is 92.8 Å². The molecule has 2 amide bonds. The van der Waals surface area contributed by atoms with Crippen LogP contribution in [0.1, 0.15) is 26.7 Å². The van der Waals surface area contributed by atoms with E-state index in [-0.39, 0.29) is 29.8 Å². The predicted octanol–water partition coefficient (Wildman–Crippen LogP) is 0.182. The maximum Gasteiger partial charge on any atom is 0.307 e. The number of ether oxygens (including phenoxy) is 1. The number of amides is 2. The minimum absolute atomic E-state index is 0.0481. The molecule has 1 N–H and O–H groups in total. The summed E-state index contributed by atoms with van der Waals surface area (Å²) in [5.41, 5.74) is 0. The Balaban J connectivity index is 3.84. The Morgan fingerprint density at radius 2 is 1.81 bits per heavy atom. The first-order valence-electron chi connectivity index (χ1n) is 6.54. The van der Waals surface area contributed by atoms with Gasteiger partial charge in [-0.3, -0.25) is 19.2 Å². The number of esters is 1. The molecule has 120 valence electrons. The van der Waals surface area contributed by atoms with Crippen LogP contribution in [0.4, 0.5) is 0 Å². The second-order valence-corrected chi connectivity index (χ2v) is 5.72. The van der Waals surface area contributed by atoms with Gasteiger partial charge >= 0.3 is 5.97 Å². The summed E-state index contributed by atoms with van der Waals surface area (Å²) in [7, 11) is 3.14. The molecule has 0 radical (unpaired) electrons. The second kappa shape index (κ2) is 10.2. The fraction of sp³-hybridized carbons (Fsp3) is 0.692. The number of likely N-dealkylation sites (N-methyl/N-ethyl adjacent to an activating group) is 1. The Labute approximate surface area is 128 Å². The first kappa shape index (κ1) is 19.4. The summed E-state index contributed by atoms with van der Waals surface area (Å²) in [5, 5.41) is 2.42. The minimum Gasteiger partial charge on any atom is -0.453 e. The average Bonchev–Trinajstić information content (AvgIpc) is 2.40. The van der Waals surface area contributed by atoms with E-state index < -0.39 is 12.1 Å². The lowest BCUT2D eigenvalue weighted by molar-refractivity contribution is -0.158. The van der Waals surface area contributed by atoms with Gasteiger partial charge in [0.2, 0.25) is 5.91 Å². The highest BCUT2D eigenvalue weighted by Crippen LogP contribution is 2.08. The molecule has 8 heteroatoms. The van der Waals surface area contributed by atoms with E-state index in [1.807, 2.05) is 0 Å². The van der Waals surface area contributed by atoms with E-state index in [2.05, 4.69) is 5.32 Å². The smallest absolute Gasteiger partial charge is 0.307 e. The van der Waals surface area contributed by atoms with Gasteiger partial charge in [0.25, 0.3) is 5.91 Å². The molecule has 21 heavy (non-hydrogen) atoms. The monoisotopic (exact) mass is 318 g/mol. The molecule has 0 heterocycles. The maximum atomic E-state index is 11.5. The van der Waals surface area contributed by atoms with Crippen LogP contribution in [0.2, 0.25) is 0 Å². The molecule has 0 aliphatic carbocycles. The normalized spacial score (nSPS) is 11.4. The van der Waals surface area contributed by atoms with Gasteiger partial charge in [-0.25, -0.2) is 0 Å². The van der Waals surface area contributed by atoms with Crippen LogP contribution in [0.5, 0.6) is 0 Å². The zero-order valence-corrected chi connectivity index (χ0v) is 13.6. The number of nitrogens with one attached hydrogen (secondary N) is 1. The third kappa shape index (κ3) is 9.89. The third-order valence-corrected chi connectivity index (χ3v) is 3.30. The van der Waals surface area contributed by atoms with Crippen molar-refractivity contribution in [2.45, 2.75) is 32.8 Å². The minimum atomic E-state index is -0.852. The molecule has 7 nitrogen and oxygen atoms in total. The molecule has 1 atom stereocenters. The standard InChI is InChI=1S/C13H22N2O5S/c1-9(13(19)15(3)4)20-11(17)5-6-12(18)21-8-7-14-10(2)16/h9H,5-8H2,1-4H3,(H,14,16). The van der Waals surface area contributed by atoms with Gasteiger partial charge in [-0.05, 0) is 6.92 Å². The lowest BCUT2D eigenvalue weighted by Crippen LogP contribution is -2.34. The third-order valence-electron chi connectivity index (χ3n) is 2.37. The van der Waals surface area contributed by atoms with Gasteiger partial charge in [0.05, 0.1) is 6.42 Å². The van der Waals surface area contributed by atoms with Crippen molar-refractivity contribution in [1.82, 2.24) is 10.2 Å². The number of thioether (sulfide) groups is 1. The zero-order chi connectivity index (χ0) is 16.4. The molecular weight excluding hydrogens is 296 g/mol. The summed E-state index contributed by atoms with van der Waals surface area (Å²) in [5.74, 6) is -0.567. The fourth-order valence-corrected chi connectivity index (χ4v) is 2.02. The first-order valence-corrected chi connectivity index (χ1v) is 7.53. The van der Waals surface area contributed by atoms with E-state index in [1.54, 1.807) is 14.1 Å². The van der Waals surface area contributed by atoms with E-state index in [0.29, 0.717) is 12.3 Å². The van der Waals surface area contributed by atoms with Crippen LogP contribution in [0.3, 0.4) is 0 Å². The van der Waals surface area contributed by atoms with Crippen molar-refractivity contribution in [1.29, 1.82) is 0 Å². The van der Waals surface area contributed by atoms with Gasteiger partial charge in [-0.1, -0.05) is 11.8 Å². The van der Waals surface area contributed by atoms with Gasteiger partial charge in [-0.2, -0.15) is 0 Å². The van der Waals surface area contributed by atoms with Gasteiger partial charge < -0.3 is 15.0 Å². The van der Waals surface area contributed by atoms with Crippen molar-refractivity contribution in [2.24, 2.45) is 0 Å². The highest BCUT2D eigenvalue weighted by Gasteiger charge is 2.19. The summed E-state index contributed by atoms with van der Waals surface area (Å²) in [6.07, 6.45) is -0.862. The molecule has 0 rings (SSSR count). The van der Waals surface area contributed by atoms with Crippen LogP contribution in [0.25, 0.3) is 0 Å². The number of rotatable bonds is 8. The molecule has 0 saturated carbocycles. The number of carbonyl (C=O) groups is 4. The van der Waals surface area contributed by atoms with E-state index in [4.69, 9.17) is 4.74 Å².